The molecule has 0 aliphatic rings. The molecule has 0 aromatic heterocycles. The lowest BCUT2D eigenvalue weighted by atomic mass is 10.1. The lowest BCUT2D eigenvalue weighted by Crippen LogP contribution is -2.30. The predicted octanol–water partition coefficient (Wildman–Crippen LogP) is 18.0. The Kier molecular flexibility index (Phi) is 54.8. The number of aliphatic hydroxyl groups is 1. The van der Waals surface area contributed by atoms with Gasteiger partial charge in [0.05, 0.1) is 19.8 Å². The van der Waals surface area contributed by atoms with E-state index in [9.17, 15) is 28.9 Å². The Morgan fingerprint density at radius 3 is 1.13 bits per heavy atom. The van der Waals surface area contributed by atoms with Crippen LogP contribution in [0.15, 0.2) is 97.2 Å². The van der Waals surface area contributed by atoms with E-state index >= 15 is 0 Å². The number of unbranched alkanes of at least 4 members (excludes halogenated alkanes) is 22. The molecule has 0 aromatic carbocycles. The molecule has 0 saturated heterocycles. The average Bonchev–Trinajstić information content (AvgIpc) is 3.41. The van der Waals surface area contributed by atoms with E-state index in [-0.39, 0.29) is 25.9 Å². The fourth-order valence-electron chi connectivity index (χ4n) is 7.89. The van der Waals surface area contributed by atoms with Crippen LogP contribution in [0.25, 0.3) is 0 Å². The normalized spacial score (nSPS) is 14.0. The highest BCUT2D eigenvalue weighted by molar-refractivity contribution is 7.47. The molecule has 0 heterocycles. The molecule has 11 nitrogen and oxygen atoms in total. The van der Waals surface area contributed by atoms with Gasteiger partial charge in [0, 0.05) is 19.3 Å². The van der Waals surface area contributed by atoms with E-state index in [1.165, 1.54) is 77.0 Å². The zero-order valence-corrected chi connectivity index (χ0v) is 49.1. The Morgan fingerprint density at radius 2 is 0.697 bits per heavy atom. The Balaban J connectivity index is 4.82. The number of hydrogen-bond donors (Lipinski definition) is 2. The quantitative estimate of drug-likeness (QED) is 0.0197. The van der Waals surface area contributed by atoms with Crippen molar-refractivity contribution >= 4 is 25.7 Å². The van der Waals surface area contributed by atoms with Crippen molar-refractivity contribution in [1.82, 2.24) is 0 Å². The van der Waals surface area contributed by atoms with Crippen molar-refractivity contribution in [3.63, 3.8) is 0 Å². The number of hydrogen-bond acceptors (Lipinski definition) is 10. The topological polar surface area (TPSA) is 155 Å². The highest BCUT2D eigenvalue weighted by atomic mass is 31.2. The third-order valence-electron chi connectivity index (χ3n) is 12.5. The Morgan fingerprint density at radius 1 is 0.382 bits per heavy atom. The summed E-state index contributed by atoms with van der Waals surface area (Å²) in [6, 6.07) is 0. The van der Waals surface area contributed by atoms with Gasteiger partial charge < -0.3 is 24.2 Å². The lowest BCUT2D eigenvalue weighted by molar-refractivity contribution is -0.161. The van der Waals surface area contributed by atoms with E-state index in [1.807, 2.05) is 6.08 Å². The number of esters is 3. The fraction of sp³-hybridized carbons (Fsp3) is 0.703. The molecule has 0 bridgehead atoms. The molecule has 2 N–H and O–H groups in total. The summed E-state index contributed by atoms with van der Waals surface area (Å²) in [5.41, 5.74) is 0. The van der Waals surface area contributed by atoms with Gasteiger partial charge in [0.25, 0.3) is 0 Å². The van der Waals surface area contributed by atoms with Crippen LogP contribution in [0.2, 0.25) is 0 Å². The maximum atomic E-state index is 12.9. The van der Waals surface area contributed by atoms with Crippen molar-refractivity contribution in [2.45, 2.75) is 264 Å². The van der Waals surface area contributed by atoms with Crippen molar-refractivity contribution in [1.29, 1.82) is 0 Å². The number of aliphatic hydroxyl groups excluding tert-OH is 1. The summed E-state index contributed by atoms with van der Waals surface area (Å²) >= 11 is 0. The SMILES string of the molecule is CC/C=C\C/C=C\C/C=C\C/C=C\C/C=C\CCCC(=O)OCC(COP(=O)(O)OCC(CO)OC(=O)CCCCCCC/C=C\C/C=C\CCCCC)OC(=O)CCCCCCCCC/C=C\CCCCCCCC. The van der Waals surface area contributed by atoms with Gasteiger partial charge in [-0.05, 0) is 116 Å². The summed E-state index contributed by atoms with van der Waals surface area (Å²) in [5, 5.41) is 9.83. The Bertz CT molecular complexity index is 1640. The second-order valence-corrected chi connectivity index (χ2v) is 21.2. The van der Waals surface area contributed by atoms with E-state index in [0.29, 0.717) is 25.7 Å². The average molecular weight is 1090 g/mol. The van der Waals surface area contributed by atoms with Crippen LogP contribution in [-0.2, 0) is 42.2 Å². The molecular weight excluding hydrogens is 976 g/mol. The number of carbonyl (C=O) groups is 3. The molecule has 0 aliphatic carbocycles. The summed E-state index contributed by atoms with van der Waals surface area (Å²) < 4.78 is 39.5. The molecule has 0 aliphatic heterocycles. The van der Waals surface area contributed by atoms with Crippen LogP contribution in [0.1, 0.15) is 252 Å². The maximum absolute atomic E-state index is 12.9. The second kappa shape index (κ2) is 57.6. The van der Waals surface area contributed by atoms with Gasteiger partial charge in [-0.25, -0.2) is 4.57 Å². The molecule has 0 rings (SSSR count). The van der Waals surface area contributed by atoms with Crippen LogP contribution in [-0.4, -0.2) is 66.5 Å². The van der Waals surface area contributed by atoms with Crippen LogP contribution in [0.5, 0.6) is 0 Å². The van der Waals surface area contributed by atoms with E-state index in [0.717, 1.165) is 109 Å². The van der Waals surface area contributed by atoms with Gasteiger partial charge in [0.15, 0.2) is 6.10 Å². The van der Waals surface area contributed by atoms with Crippen LogP contribution in [0, 0.1) is 0 Å². The van der Waals surface area contributed by atoms with Gasteiger partial charge in [-0.2, -0.15) is 0 Å². The van der Waals surface area contributed by atoms with Crippen molar-refractivity contribution in [3.05, 3.63) is 97.2 Å². The standard InChI is InChI=1S/C64H109O11P/c1-4-7-10-13-16-19-22-25-28-30-33-35-38-41-44-47-50-53-62(66)71-57-61(75-64(68)55-52-49-46-43-40-37-34-31-29-26-23-20-17-14-11-8-5-2)59-73-76(69,70)72-58-60(56-65)74-63(67)54-51-48-45-42-39-36-32-27-24-21-18-15-12-9-6-3/h7,10,16,18-19,21,25-29,32-33,35,41,44,60-61,65H,4-6,8-9,11-15,17,20,22-24,30-31,34,36-40,42-43,45-59H2,1-3H3,(H,69,70)/b10-7-,19-16-,21-18-,28-25-,29-26-,32-27-,35-33-,44-41-. The van der Waals surface area contributed by atoms with Crippen molar-refractivity contribution in [2.24, 2.45) is 0 Å². The number of phosphoric ester groups is 1. The second-order valence-electron chi connectivity index (χ2n) is 19.8. The summed E-state index contributed by atoms with van der Waals surface area (Å²) in [6.45, 7) is 4.43. The van der Waals surface area contributed by atoms with Crippen LogP contribution < -0.4 is 0 Å². The van der Waals surface area contributed by atoms with Gasteiger partial charge in [-0.15, -0.1) is 0 Å². The van der Waals surface area contributed by atoms with Crippen molar-refractivity contribution in [3.8, 4) is 0 Å². The summed E-state index contributed by atoms with van der Waals surface area (Å²) in [5.74, 6) is -1.56. The van der Waals surface area contributed by atoms with E-state index in [1.54, 1.807) is 0 Å². The summed E-state index contributed by atoms with van der Waals surface area (Å²) in [6.07, 6.45) is 67.9. The minimum Gasteiger partial charge on any atom is -0.462 e. The van der Waals surface area contributed by atoms with Crippen LogP contribution >= 0.6 is 7.82 Å². The van der Waals surface area contributed by atoms with E-state index in [4.69, 9.17) is 23.3 Å². The number of ether oxygens (including phenoxy) is 3. The van der Waals surface area contributed by atoms with Crippen LogP contribution in [0.3, 0.4) is 0 Å². The molecule has 76 heavy (non-hydrogen) atoms. The number of phosphoric acid groups is 1. The van der Waals surface area contributed by atoms with Gasteiger partial charge >= 0.3 is 25.7 Å². The molecule has 3 unspecified atom stereocenters. The molecule has 0 saturated carbocycles. The van der Waals surface area contributed by atoms with Gasteiger partial charge in [-0.1, -0.05) is 214 Å². The van der Waals surface area contributed by atoms with Crippen molar-refractivity contribution in [2.75, 3.05) is 26.4 Å². The molecule has 0 radical (unpaired) electrons. The fourth-order valence-corrected chi connectivity index (χ4v) is 8.67. The molecule has 12 heteroatoms. The van der Waals surface area contributed by atoms with Gasteiger partial charge in [0.2, 0.25) is 0 Å². The molecule has 0 fully saturated rings. The molecule has 0 amide bonds. The zero-order chi connectivity index (χ0) is 55.5. The summed E-state index contributed by atoms with van der Waals surface area (Å²) in [7, 11) is -4.77. The monoisotopic (exact) mass is 1080 g/mol. The van der Waals surface area contributed by atoms with Crippen LogP contribution in [0.4, 0.5) is 0 Å². The molecule has 0 spiro atoms. The third-order valence-corrected chi connectivity index (χ3v) is 13.4. The third kappa shape index (κ3) is 55.2. The highest BCUT2D eigenvalue weighted by Gasteiger charge is 2.28. The molecule has 3 atom stereocenters. The zero-order valence-electron chi connectivity index (χ0n) is 48.2. The minimum atomic E-state index is -4.77. The number of rotatable bonds is 55. The molecule has 0 aromatic rings. The van der Waals surface area contributed by atoms with Gasteiger partial charge in [0.1, 0.15) is 12.7 Å². The smallest absolute Gasteiger partial charge is 0.462 e. The lowest BCUT2D eigenvalue weighted by Gasteiger charge is -2.21. The first-order chi connectivity index (χ1) is 37.2. The Hall–Kier alpha value is -3.60. The highest BCUT2D eigenvalue weighted by Crippen LogP contribution is 2.43. The van der Waals surface area contributed by atoms with E-state index in [2.05, 4.69) is 112 Å². The number of allylic oxidation sites excluding steroid dienone is 16. The van der Waals surface area contributed by atoms with E-state index < -0.39 is 57.8 Å². The number of carbonyl (C=O) groups excluding carboxylic acids is 3. The predicted molar refractivity (Wildman–Crippen MR) is 316 cm³/mol. The van der Waals surface area contributed by atoms with Gasteiger partial charge in [-0.3, -0.25) is 23.4 Å². The summed E-state index contributed by atoms with van der Waals surface area (Å²) in [4.78, 5) is 48.6. The first-order valence-electron chi connectivity index (χ1n) is 30.1. The Labute approximate surface area is 463 Å². The molecule has 436 valence electrons. The largest absolute Gasteiger partial charge is 0.472 e. The van der Waals surface area contributed by atoms with Crippen molar-refractivity contribution < 1.29 is 52.2 Å². The first-order valence-corrected chi connectivity index (χ1v) is 31.6. The maximum Gasteiger partial charge on any atom is 0.472 e. The first kappa shape index (κ1) is 72.4. The molecular formula is C64H109O11P. The minimum absolute atomic E-state index is 0.143.